The van der Waals surface area contributed by atoms with Crippen molar-refractivity contribution in [2.24, 2.45) is 5.73 Å². The van der Waals surface area contributed by atoms with E-state index in [9.17, 15) is 9.59 Å². The number of ketones is 1. The van der Waals surface area contributed by atoms with Crippen molar-refractivity contribution in [2.75, 3.05) is 0 Å². The van der Waals surface area contributed by atoms with E-state index in [4.69, 9.17) is 5.73 Å². The number of rotatable bonds is 2. The van der Waals surface area contributed by atoms with Crippen molar-refractivity contribution in [3.63, 3.8) is 0 Å². The average Bonchev–Trinajstić information content (AvgIpc) is 2.87. The van der Waals surface area contributed by atoms with E-state index in [0.29, 0.717) is 29.7 Å². The van der Waals surface area contributed by atoms with Crippen LogP contribution in [0.3, 0.4) is 0 Å². The summed E-state index contributed by atoms with van der Waals surface area (Å²) in [6.45, 7) is 0. The van der Waals surface area contributed by atoms with Crippen LogP contribution in [0.5, 0.6) is 0 Å². The van der Waals surface area contributed by atoms with Gasteiger partial charge in [0.05, 0.1) is 23.0 Å². The third-order valence-electron chi connectivity index (χ3n) is 3.71. The Morgan fingerprint density at radius 3 is 2.74 bits per heavy atom. The number of fused-ring (bicyclic) bond motifs is 1. The van der Waals surface area contributed by atoms with Crippen LogP contribution in [-0.4, -0.2) is 26.9 Å². The number of aromatic nitrogens is 3. The molecule has 2 aromatic heterocycles. The summed E-state index contributed by atoms with van der Waals surface area (Å²) in [6, 6.07) is 0. The fourth-order valence-electron chi connectivity index (χ4n) is 2.68. The minimum atomic E-state index is -0.521. The molecule has 0 unspecified atom stereocenters. The summed E-state index contributed by atoms with van der Waals surface area (Å²) in [5, 5.41) is 7.60. The summed E-state index contributed by atoms with van der Waals surface area (Å²) >= 11 is 0. The second kappa shape index (κ2) is 4.46. The Hall–Kier alpha value is -2.24. The van der Waals surface area contributed by atoms with Gasteiger partial charge in [0.25, 0.3) is 5.91 Å². The lowest BCUT2D eigenvalue weighted by Crippen LogP contribution is -2.16. The van der Waals surface area contributed by atoms with Gasteiger partial charge in [0.2, 0.25) is 0 Å². The van der Waals surface area contributed by atoms with E-state index in [0.717, 1.165) is 23.9 Å². The standard InChI is InChI=1S/C13H14N4O2/c14-13(19)10-5-15-11(9-6-16-17-12(9)10)7-1-3-8(18)4-2-7/h5-7H,1-4H2,(H2,14,19)(H,16,17). The van der Waals surface area contributed by atoms with E-state index in [1.165, 1.54) is 6.20 Å². The first-order valence-electron chi connectivity index (χ1n) is 6.30. The molecule has 0 saturated heterocycles. The molecule has 1 fully saturated rings. The maximum Gasteiger partial charge on any atom is 0.252 e. The number of H-pyrrole nitrogens is 1. The van der Waals surface area contributed by atoms with Gasteiger partial charge in [0.1, 0.15) is 5.78 Å². The van der Waals surface area contributed by atoms with Gasteiger partial charge in [-0.15, -0.1) is 0 Å². The highest BCUT2D eigenvalue weighted by Gasteiger charge is 2.24. The van der Waals surface area contributed by atoms with Crippen LogP contribution in [-0.2, 0) is 4.79 Å². The van der Waals surface area contributed by atoms with Gasteiger partial charge in [0.15, 0.2) is 0 Å². The van der Waals surface area contributed by atoms with E-state index < -0.39 is 5.91 Å². The van der Waals surface area contributed by atoms with Gasteiger partial charge < -0.3 is 5.73 Å². The van der Waals surface area contributed by atoms with Crippen LogP contribution < -0.4 is 5.73 Å². The number of nitrogens with two attached hydrogens (primary N) is 1. The molecule has 0 atom stereocenters. The Bertz CT molecular complexity index is 652. The fourth-order valence-corrected chi connectivity index (χ4v) is 2.68. The smallest absolute Gasteiger partial charge is 0.252 e. The molecule has 0 spiro atoms. The van der Waals surface area contributed by atoms with Crippen LogP contribution in [0, 0.1) is 0 Å². The second-order valence-electron chi connectivity index (χ2n) is 4.89. The number of aromatic amines is 1. The Labute approximate surface area is 109 Å². The van der Waals surface area contributed by atoms with Gasteiger partial charge in [-0.1, -0.05) is 0 Å². The first-order valence-corrected chi connectivity index (χ1v) is 6.30. The lowest BCUT2D eigenvalue weighted by Gasteiger charge is -2.21. The molecule has 0 aliphatic heterocycles. The Balaban J connectivity index is 2.05. The van der Waals surface area contributed by atoms with Crippen molar-refractivity contribution in [1.82, 2.24) is 15.2 Å². The van der Waals surface area contributed by atoms with Gasteiger partial charge in [-0.3, -0.25) is 19.7 Å². The number of carbonyl (C=O) groups excluding carboxylic acids is 2. The largest absolute Gasteiger partial charge is 0.365 e. The Kier molecular flexibility index (Phi) is 2.77. The average molecular weight is 258 g/mol. The molecule has 0 aromatic carbocycles. The van der Waals surface area contributed by atoms with Crippen molar-refractivity contribution < 1.29 is 9.59 Å². The van der Waals surface area contributed by atoms with Crippen LogP contribution in [0.2, 0.25) is 0 Å². The third kappa shape index (κ3) is 1.99. The van der Waals surface area contributed by atoms with Crippen LogP contribution in [0.15, 0.2) is 12.4 Å². The van der Waals surface area contributed by atoms with Gasteiger partial charge in [-0.2, -0.15) is 5.10 Å². The number of amides is 1. The zero-order valence-corrected chi connectivity index (χ0v) is 10.3. The molecular formula is C13H14N4O2. The predicted octanol–water partition coefficient (Wildman–Crippen LogP) is 1.28. The number of pyridine rings is 1. The van der Waals surface area contributed by atoms with Crippen molar-refractivity contribution >= 4 is 22.6 Å². The van der Waals surface area contributed by atoms with Crippen LogP contribution >= 0.6 is 0 Å². The minimum Gasteiger partial charge on any atom is -0.365 e. The van der Waals surface area contributed by atoms with Crippen LogP contribution in [0.1, 0.15) is 47.7 Å². The molecule has 2 heterocycles. The molecule has 3 rings (SSSR count). The molecule has 2 aromatic rings. The molecule has 3 N–H and O–H groups in total. The molecule has 0 radical (unpaired) electrons. The fraction of sp³-hybridized carbons (Fsp3) is 0.385. The first-order chi connectivity index (χ1) is 9.16. The zero-order chi connectivity index (χ0) is 13.4. The number of Topliss-reactive ketones (excluding diaryl/α,β-unsaturated/α-hetero) is 1. The number of carbonyl (C=O) groups is 2. The summed E-state index contributed by atoms with van der Waals surface area (Å²) in [5.74, 6) is 0.0419. The molecule has 1 amide bonds. The molecule has 98 valence electrons. The summed E-state index contributed by atoms with van der Waals surface area (Å²) in [5.41, 5.74) is 7.20. The molecule has 1 saturated carbocycles. The number of nitrogens with one attached hydrogen (secondary N) is 1. The molecule has 6 nitrogen and oxygen atoms in total. The monoisotopic (exact) mass is 258 g/mol. The minimum absolute atomic E-state index is 0.250. The normalized spacial score (nSPS) is 16.9. The summed E-state index contributed by atoms with van der Waals surface area (Å²) in [7, 11) is 0. The van der Waals surface area contributed by atoms with E-state index >= 15 is 0 Å². The maximum absolute atomic E-state index is 11.3. The van der Waals surface area contributed by atoms with E-state index in [1.54, 1.807) is 6.20 Å². The maximum atomic E-state index is 11.3. The summed E-state index contributed by atoms with van der Waals surface area (Å²) in [4.78, 5) is 27.0. The van der Waals surface area contributed by atoms with Crippen LogP contribution in [0.25, 0.3) is 10.9 Å². The molecule has 19 heavy (non-hydrogen) atoms. The SMILES string of the molecule is NC(=O)c1cnc(C2CCC(=O)CC2)c2cn[nH]c12. The number of nitrogens with zero attached hydrogens (tertiary/aromatic N) is 2. The second-order valence-corrected chi connectivity index (χ2v) is 4.89. The van der Waals surface area contributed by atoms with Crippen molar-refractivity contribution in [1.29, 1.82) is 0 Å². The van der Waals surface area contributed by atoms with Crippen molar-refractivity contribution in [3.05, 3.63) is 23.7 Å². The zero-order valence-electron chi connectivity index (χ0n) is 10.3. The van der Waals surface area contributed by atoms with Crippen molar-refractivity contribution in [3.8, 4) is 0 Å². The Morgan fingerprint density at radius 1 is 1.32 bits per heavy atom. The van der Waals surface area contributed by atoms with E-state index in [2.05, 4.69) is 15.2 Å². The van der Waals surface area contributed by atoms with Gasteiger partial charge >= 0.3 is 0 Å². The summed E-state index contributed by atoms with van der Waals surface area (Å²) < 4.78 is 0. The topological polar surface area (TPSA) is 102 Å². The van der Waals surface area contributed by atoms with Gasteiger partial charge in [-0.25, -0.2) is 0 Å². The lowest BCUT2D eigenvalue weighted by atomic mass is 9.85. The molecule has 1 aliphatic rings. The Morgan fingerprint density at radius 2 is 2.05 bits per heavy atom. The molecule has 1 aliphatic carbocycles. The predicted molar refractivity (Wildman–Crippen MR) is 68.6 cm³/mol. The molecule has 6 heteroatoms. The number of primary amides is 1. The van der Waals surface area contributed by atoms with Gasteiger partial charge in [0, 0.05) is 30.3 Å². The quantitative estimate of drug-likeness (QED) is 0.847. The third-order valence-corrected chi connectivity index (χ3v) is 3.71. The highest BCUT2D eigenvalue weighted by atomic mass is 16.1. The van der Waals surface area contributed by atoms with Crippen molar-refractivity contribution in [2.45, 2.75) is 31.6 Å². The summed E-state index contributed by atoms with van der Waals surface area (Å²) in [6.07, 6.45) is 5.98. The lowest BCUT2D eigenvalue weighted by molar-refractivity contribution is -0.120. The van der Waals surface area contributed by atoms with Crippen LogP contribution in [0.4, 0.5) is 0 Å². The highest BCUT2D eigenvalue weighted by molar-refractivity contribution is 6.04. The van der Waals surface area contributed by atoms with E-state index in [1.807, 2.05) is 0 Å². The highest BCUT2D eigenvalue weighted by Crippen LogP contribution is 2.34. The van der Waals surface area contributed by atoms with Gasteiger partial charge in [-0.05, 0) is 12.8 Å². The number of hydrogen-bond donors (Lipinski definition) is 2. The molecule has 0 bridgehead atoms. The number of hydrogen-bond acceptors (Lipinski definition) is 4. The first kappa shape index (κ1) is 11.8. The van der Waals surface area contributed by atoms with E-state index in [-0.39, 0.29) is 5.92 Å². The molecular weight excluding hydrogens is 244 g/mol.